The molecule has 7 aromatic carbocycles. The quantitative estimate of drug-likeness (QED) is 0.196. The van der Waals surface area contributed by atoms with Crippen LogP contribution >= 0.6 is 0 Å². The number of hydrogen-bond donors (Lipinski definition) is 0. The number of fused-ring (bicyclic) bond motifs is 5. The Labute approximate surface area is 267 Å². The Morgan fingerprint density at radius 1 is 0.370 bits per heavy atom. The number of rotatable bonds is 5. The Bertz CT molecular complexity index is 2510. The van der Waals surface area contributed by atoms with Gasteiger partial charge in [0.15, 0.2) is 0 Å². The van der Waals surface area contributed by atoms with Crippen LogP contribution < -0.4 is 0 Å². The zero-order valence-corrected chi connectivity index (χ0v) is 25.1. The molecule has 0 amide bonds. The molecule has 0 aliphatic heterocycles. The Kier molecular flexibility index (Phi) is 6.14. The number of para-hydroxylation sites is 4. The SMILES string of the molecule is c1ccc(-c2cc(-c3ccccc3)c(-c3ccccc3)c(-c3cccc(-n4c5ccccc5n5c6ccccc6nc45)c3)c2)cc1. The van der Waals surface area contributed by atoms with E-state index >= 15 is 0 Å². The molecule has 0 unspecified atom stereocenters. The molecular weight excluding hydrogens is 558 g/mol. The molecule has 216 valence electrons. The second-order valence-electron chi connectivity index (χ2n) is 11.7. The van der Waals surface area contributed by atoms with Crippen molar-refractivity contribution in [3.63, 3.8) is 0 Å². The molecule has 0 bridgehead atoms. The van der Waals surface area contributed by atoms with Crippen LogP contribution in [0.4, 0.5) is 0 Å². The van der Waals surface area contributed by atoms with Gasteiger partial charge < -0.3 is 0 Å². The van der Waals surface area contributed by atoms with Gasteiger partial charge in [0.1, 0.15) is 0 Å². The van der Waals surface area contributed by atoms with Gasteiger partial charge in [-0.1, -0.05) is 127 Å². The average Bonchev–Trinajstić information content (AvgIpc) is 3.67. The van der Waals surface area contributed by atoms with Gasteiger partial charge in [-0.05, 0) is 93.0 Å². The molecule has 0 saturated heterocycles. The summed E-state index contributed by atoms with van der Waals surface area (Å²) >= 11 is 0. The van der Waals surface area contributed by atoms with E-state index in [0.29, 0.717) is 0 Å². The fourth-order valence-corrected chi connectivity index (χ4v) is 6.85. The molecule has 46 heavy (non-hydrogen) atoms. The van der Waals surface area contributed by atoms with Gasteiger partial charge in [-0.2, -0.15) is 0 Å². The van der Waals surface area contributed by atoms with E-state index in [1.54, 1.807) is 0 Å². The average molecular weight is 588 g/mol. The molecule has 2 heterocycles. The lowest BCUT2D eigenvalue weighted by Crippen LogP contribution is -1.97. The fraction of sp³-hybridized carbons (Fsp3) is 0. The number of benzene rings is 7. The molecule has 9 rings (SSSR count). The number of nitrogens with zero attached hydrogens (tertiary/aromatic N) is 3. The van der Waals surface area contributed by atoms with E-state index in [0.717, 1.165) is 39.1 Å². The van der Waals surface area contributed by atoms with E-state index in [1.165, 1.54) is 38.9 Å². The molecule has 0 fully saturated rings. The second-order valence-corrected chi connectivity index (χ2v) is 11.7. The monoisotopic (exact) mass is 587 g/mol. The zero-order chi connectivity index (χ0) is 30.5. The summed E-state index contributed by atoms with van der Waals surface area (Å²) in [4.78, 5) is 5.13. The summed E-state index contributed by atoms with van der Waals surface area (Å²) in [5, 5.41) is 0. The summed E-state index contributed by atoms with van der Waals surface area (Å²) in [6.45, 7) is 0. The lowest BCUT2D eigenvalue weighted by Gasteiger charge is -2.19. The van der Waals surface area contributed by atoms with E-state index in [-0.39, 0.29) is 0 Å². The second kappa shape index (κ2) is 10.8. The highest BCUT2D eigenvalue weighted by atomic mass is 15.2. The molecule has 0 aliphatic rings. The number of aromatic nitrogens is 3. The highest BCUT2D eigenvalue weighted by Crippen LogP contribution is 2.44. The third-order valence-electron chi connectivity index (χ3n) is 8.91. The van der Waals surface area contributed by atoms with E-state index < -0.39 is 0 Å². The Balaban J connectivity index is 1.35. The first-order valence-electron chi connectivity index (χ1n) is 15.7. The minimum atomic E-state index is 0.908. The van der Waals surface area contributed by atoms with Crippen molar-refractivity contribution < 1.29 is 0 Å². The van der Waals surface area contributed by atoms with Crippen molar-refractivity contribution in [1.82, 2.24) is 14.0 Å². The van der Waals surface area contributed by atoms with Gasteiger partial charge in [0.2, 0.25) is 5.78 Å². The van der Waals surface area contributed by atoms with Crippen molar-refractivity contribution in [2.45, 2.75) is 0 Å². The first-order chi connectivity index (χ1) is 22.8. The Morgan fingerprint density at radius 2 is 0.913 bits per heavy atom. The minimum Gasteiger partial charge on any atom is -0.278 e. The van der Waals surface area contributed by atoms with E-state index in [1.807, 2.05) is 0 Å². The van der Waals surface area contributed by atoms with Gasteiger partial charge in [0.05, 0.1) is 22.1 Å². The predicted molar refractivity (Wildman–Crippen MR) is 191 cm³/mol. The molecule has 0 radical (unpaired) electrons. The summed E-state index contributed by atoms with van der Waals surface area (Å²) in [6.07, 6.45) is 0. The number of imidazole rings is 2. The summed E-state index contributed by atoms with van der Waals surface area (Å²) in [7, 11) is 0. The Morgan fingerprint density at radius 3 is 1.63 bits per heavy atom. The first kappa shape index (κ1) is 26.2. The van der Waals surface area contributed by atoms with Crippen molar-refractivity contribution in [1.29, 1.82) is 0 Å². The van der Waals surface area contributed by atoms with Crippen molar-refractivity contribution >= 4 is 27.8 Å². The van der Waals surface area contributed by atoms with E-state index in [9.17, 15) is 0 Å². The molecule has 0 saturated carbocycles. The van der Waals surface area contributed by atoms with Crippen LogP contribution in [0, 0.1) is 0 Å². The smallest absolute Gasteiger partial charge is 0.220 e. The van der Waals surface area contributed by atoms with Crippen molar-refractivity contribution in [2.75, 3.05) is 0 Å². The van der Waals surface area contributed by atoms with Gasteiger partial charge in [0, 0.05) is 5.69 Å². The van der Waals surface area contributed by atoms with Crippen LogP contribution in [0.5, 0.6) is 0 Å². The molecule has 0 aliphatic carbocycles. The minimum absolute atomic E-state index is 0.908. The van der Waals surface area contributed by atoms with Crippen LogP contribution in [0.1, 0.15) is 0 Å². The maximum absolute atomic E-state index is 5.13. The van der Waals surface area contributed by atoms with Crippen LogP contribution in [-0.4, -0.2) is 14.0 Å². The fourth-order valence-electron chi connectivity index (χ4n) is 6.85. The maximum Gasteiger partial charge on any atom is 0.220 e. The van der Waals surface area contributed by atoms with E-state index in [2.05, 4.69) is 185 Å². The number of hydrogen-bond acceptors (Lipinski definition) is 1. The van der Waals surface area contributed by atoms with E-state index in [4.69, 9.17) is 4.98 Å². The molecule has 0 atom stereocenters. The van der Waals surface area contributed by atoms with Crippen LogP contribution in [0.25, 0.3) is 78.0 Å². The molecule has 2 aromatic heterocycles. The van der Waals surface area contributed by atoms with Crippen molar-refractivity contribution in [3.8, 4) is 50.2 Å². The molecule has 3 nitrogen and oxygen atoms in total. The first-order valence-corrected chi connectivity index (χ1v) is 15.7. The van der Waals surface area contributed by atoms with Crippen LogP contribution in [0.3, 0.4) is 0 Å². The van der Waals surface area contributed by atoms with Crippen LogP contribution in [0.2, 0.25) is 0 Å². The zero-order valence-electron chi connectivity index (χ0n) is 25.1. The summed E-state index contributed by atoms with van der Waals surface area (Å²) in [5.74, 6) is 0.908. The van der Waals surface area contributed by atoms with Gasteiger partial charge in [0.25, 0.3) is 0 Å². The molecule has 0 N–H and O–H groups in total. The standard InChI is InChI=1S/C43H29N3/c1-4-15-30(16-5-1)34-28-36(31-17-6-2-7-18-31)42(32-19-8-3-9-20-32)37(29-34)33-21-14-22-35(27-33)45-40-25-12-13-26-41(40)46-39-24-11-10-23-38(39)44-43(45)46/h1-29H. The normalized spacial score (nSPS) is 11.5. The van der Waals surface area contributed by atoms with Crippen LogP contribution in [0.15, 0.2) is 176 Å². The molecule has 3 heteroatoms. The highest BCUT2D eigenvalue weighted by Gasteiger charge is 2.20. The van der Waals surface area contributed by atoms with Gasteiger partial charge >= 0.3 is 0 Å². The summed E-state index contributed by atoms with van der Waals surface area (Å²) < 4.78 is 4.57. The predicted octanol–water partition coefficient (Wildman–Crippen LogP) is 11.1. The third kappa shape index (κ3) is 4.25. The molecule has 0 spiro atoms. The Hall–Kier alpha value is -6.19. The van der Waals surface area contributed by atoms with Gasteiger partial charge in [-0.15, -0.1) is 0 Å². The van der Waals surface area contributed by atoms with Gasteiger partial charge in [-0.25, -0.2) is 4.98 Å². The topological polar surface area (TPSA) is 22.2 Å². The van der Waals surface area contributed by atoms with Crippen molar-refractivity contribution in [3.05, 3.63) is 176 Å². The van der Waals surface area contributed by atoms with Crippen LogP contribution in [-0.2, 0) is 0 Å². The largest absolute Gasteiger partial charge is 0.278 e. The third-order valence-corrected chi connectivity index (χ3v) is 8.91. The van der Waals surface area contributed by atoms with Gasteiger partial charge in [-0.3, -0.25) is 8.97 Å². The lowest BCUT2D eigenvalue weighted by atomic mass is 9.84. The molecular formula is C43H29N3. The lowest BCUT2D eigenvalue weighted by molar-refractivity contribution is 1.11. The molecule has 9 aromatic rings. The van der Waals surface area contributed by atoms with Crippen molar-refractivity contribution in [2.24, 2.45) is 0 Å². The summed E-state index contributed by atoms with van der Waals surface area (Å²) in [6, 6.07) is 62.8. The maximum atomic E-state index is 5.13. The highest BCUT2D eigenvalue weighted by molar-refractivity contribution is 5.98. The summed E-state index contributed by atoms with van der Waals surface area (Å²) in [5.41, 5.74) is 15.0.